The van der Waals surface area contributed by atoms with Gasteiger partial charge in [0.1, 0.15) is 0 Å². The van der Waals surface area contributed by atoms with Gasteiger partial charge in [0.25, 0.3) is 0 Å². The van der Waals surface area contributed by atoms with Gasteiger partial charge in [0, 0.05) is 13.7 Å². The van der Waals surface area contributed by atoms with Gasteiger partial charge in [0.05, 0.1) is 13.2 Å². The molecule has 0 aliphatic rings. The Hall–Kier alpha value is -0.770. The molecule has 0 radical (unpaired) electrons. The van der Waals surface area contributed by atoms with Crippen LogP contribution in [0.4, 0.5) is 4.79 Å². The first-order valence-electron chi connectivity index (χ1n) is 4.10. The van der Waals surface area contributed by atoms with Crippen LogP contribution in [0.5, 0.6) is 0 Å². The lowest BCUT2D eigenvalue weighted by atomic mass is 10.2. The summed E-state index contributed by atoms with van der Waals surface area (Å²) >= 11 is 0. The van der Waals surface area contributed by atoms with Gasteiger partial charge in [-0.2, -0.15) is 0 Å². The van der Waals surface area contributed by atoms with E-state index in [0.717, 1.165) is 0 Å². The summed E-state index contributed by atoms with van der Waals surface area (Å²) < 4.78 is 9.58. The molecule has 4 heteroatoms. The zero-order chi connectivity index (χ0) is 9.40. The van der Waals surface area contributed by atoms with Crippen molar-refractivity contribution >= 4 is 6.09 Å². The second-order valence-corrected chi connectivity index (χ2v) is 2.66. The highest BCUT2D eigenvalue weighted by atomic mass is 16.5. The zero-order valence-electron chi connectivity index (χ0n) is 7.92. The van der Waals surface area contributed by atoms with Crippen molar-refractivity contribution < 1.29 is 14.3 Å². The second-order valence-electron chi connectivity index (χ2n) is 2.66. The number of amides is 1. The van der Waals surface area contributed by atoms with E-state index < -0.39 is 0 Å². The lowest BCUT2D eigenvalue weighted by molar-refractivity contribution is 0.138. The van der Waals surface area contributed by atoms with E-state index >= 15 is 0 Å². The first-order chi connectivity index (χ1) is 5.70. The van der Waals surface area contributed by atoms with Crippen LogP contribution in [0.25, 0.3) is 0 Å². The topological polar surface area (TPSA) is 47.6 Å². The Morgan fingerprint density at radius 3 is 2.75 bits per heavy atom. The average molecular weight is 175 g/mol. The van der Waals surface area contributed by atoms with Crippen LogP contribution in [-0.4, -0.2) is 33.0 Å². The Labute approximate surface area is 73.2 Å². The van der Waals surface area contributed by atoms with Gasteiger partial charge in [-0.25, -0.2) is 4.79 Å². The SMILES string of the molecule is CCOC(=O)NCC(C)COC. The molecule has 4 nitrogen and oxygen atoms in total. The predicted octanol–water partition coefficient (Wildman–Crippen LogP) is 1.01. The first kappa shape index (κ1) is 11.2. The molecule has 1 unspecified atom stereocenters. The van der Waals surface area contributed by atoms with Crippen molar-refractivity contribution in [2.75, 3.05) is 26.9 Å². The third-order valence-electron chi connectivity index (χ3n) is 1.32. The van der Waals surface area contributed by atoms with E-state index in [1.165, 1.54) is 0 Å². The fourth-order valence-electron chi connectivity index (χ4n) is 0.783. The minimum Gasteiger partial charge on any atom is -0.450 e. The van der Waals surface area contributed by atoms with E-state index in [4.69, 9.17) is 4.74 Å². The number of nitrogens with one attached hydrogen (secondary N) is 1. The Morgan fingerprint density at radius 2 is 2.25 bits per heavy atom. The minimum absolute atomic E-state index is 0.319. The predicted molar refractivity (Wildman–Crippen MR) is 46.1 cm³/mol. The van der Waals surface area contributed by atoms with Gasteiger partial charge in [0.15, 0.2) is 0 Å². The lowest BCUT2D eigenvalue weighted by Gasteiger charge is -2.10. The van der Waals surface area contributed by atoms with Gasteiger partial charge in [0.2, 0.25) is 0 Å². The summed E-state index contributed by atoms with van der Waals surface area (Å²) in [6.07, 6.45) is -0.361. The van der Waals surface area contributed by atoms with Crippen molar-refractivity contribution in [1.29, 1.82) is 0 Å². The standard InChI is InChI=1S/C8H17NO3/c1-4-12-8(10)9-5-7(2)6-11-3/h7H,4-6H2,1-3H3,(H,9,10). The van der Waals surface area contributed by atoms with E-state index in [-0.39, 0.29) is 6.09 Å². The maximum Gasteiger partial charge on any atom is 0.407 e. The quantitative estimate of drug-likeness (QED) is 0.678. The Morgan fingerprint density at radius 1 is 1.58 bits per heavy atom. The highest BCUT2D eigenvalue weighted by Crippen LogP contribution is 1.92. The van der Waals surface area contributed by atoms with Crippen molar-refractivity contribution in [3.63, 3.8) is 0 Å². The number of hydrogen-bond acceptors (Lipinski definition) is 3. The monoisotopic (exact) mass is 175 g/mol. The van der Waals surface area contributed by atoms with E-state index in [9.17, 15) is 4.79 Å². The van der Waals surface area contributed by atoms with Gasteiger partial charge in [-0.3, -0.25) is 0 Å². The van der Waals surface area contributed by atoms with Crippen molar-refractivity contribution in [1.82, 2.24) is 5.32 Å². The molecule has 0 aliphatic carbocycles. The molecule has 0 fully saturated rings. The van der Waals surface area contributed by atoms with E-state index in [0.29, 0.717) is 25.7 Å². The molecule has 1 N–H and O–H groups in total. The molecule has 0 bridgehead atoms. The molecule has 0 aromatic heterocycles. The minimum atomic E-state index is -0.361. The number of alkyl carbamates (subject to hydrolysis) is 1. The summed E-state index contributed by atoms with van der Waals surface area (Å²) in [7, 11) is 1.64. The molecular weight excluding hydrogens is 158 g/mol. The molecule has 0 aliphatic heterocycles. The van der Waals surface area contributed by atoms with Gasteiger partial charge >= 0.3 is 6.09 Å². The Kier molecular flexibility index (Phi) is 6.47. The summed E-state index contributed by atoms with van der Waals surface area (Å²) in [5.41, 5.74) is 0. The van der Waals surface area contributed by atoms with Crippen molar-refractivity contribution in [3.05, 3.63) is 0 Å². The summed E-state index contributed by atoms with van der Waals surface area (Å²) in [6, 6.07) is 0. The molecule has 0 aromatic carbocycles. The highest BCUT2D eigenvalue weighted by Gasteiger charge is 2.04. The van der Waals surface area contributed by atoms with Crippen LogP contribution in [0.3, 0.4) is 0 Å². The van der Waals surface area contributed by atoms with Crippen molar-refractivity contribution in [3.8, 4) is 0 Å². The summed E-state index contributed by atoms with van der Waals surface area (Å²) in [4.78, 5) is 10.8. The van der Waals surface area contributed by atoms with Crippen LogP contribution in [0, 0.1) is 5.92 Å². The van der Waals surface area contributed by atoms with Crippen LogP contribution in [0.2, 0.25) is 0 Å². The second kappa shape index (κ2) is 6.91. The number of carbonyl (C=O) groups is 1. The smallest absolute Gasteiger partial charge is 0.407 e. The maximum absolute atomic E-state index is 10.8. The normalized spacial score (nSPS) is 12.2. The number of rotatable bonds is 5. The summed E-state index contributed by atoms with van der Waals surface area (Å²) in [6.45, 7) is 5.41. The number of methoxy groups -OCH3 is 1. The molecule has 0 rings (SSSR count). The average Bonchev–Trinajstić information content (AvgIpc) is 2.02. The molecule has 12 heavy (non-hydrogen) atoms. The van der Waals surface area contributed by atoms with E-state index in [2.05, 4.69) is 10.1 Å². The Balaban J connectivity index is 3.33. The van der Waals surface area contributed by atoms with Crippen molar-refractivity contribution in [2.45, 2.75) is 13.8 Å². The third kappa shape index (κ3) is 5.97. The molecule has 0 heterocycles. The summed E-state index contributed by atoms with van der Waals surface area (Å²) in [5.74, 6) is 0.319. The highest BCUT2D eigenvalue weighted by molar-refractivity contribution is 5.66. The van der Waals surface area contributed by atoms with Crippen LogP contribution in [0.1, 0.15) is 13.8 Å². The van der Waals surface area contributed by atoms with Gasteiger partial charge < -0.3 is 14.8 Å². The first-order valence-corrected chi connectivity index (χ1v) is 4.10. The number of ether oxygens (including phenoxy) is 2. The molecular formula is C8H17NO3. The fourth-order valence-corrected chi connectivity index (χ4v) is 0.783. The van der Waals surface area contributed by atoms with Crippen molar-refractivity contribution in [2.24, 2.45) is 5.92 Å². The van der Waals surface area contributed by atoms with Crippen LogP contribution >= 0.6 is 0 Å². The van der Waals surface area contributed by atoms with E-state index in [1.54, 1.807) is 14.0 Å². The molecule has 0 spiro atoms. The molecule has 0 saturated heterocycles. The molecule has 1 amide bonds. The lowest BCUT2D eigenvalue weighted by Crippen LogP contribution is -2.30. The van der Waals surface area contributed by atoms with Gasteiger partial charge in [-0.1, -0.05) is 6.92 Å². The fraction of sp³-hybridized carbons (Fsp3) is 0.875. The molecule has 0 saturated carbocycles. The molecule has 72 valence electrons. The van der Waals surface area contributed by atoms with E-state index in [1.807, 2.05) is 6.92 Å². The Bertz CT molecular complexity index is 127. The number of carbonyl (C=O) groups excluding carboxylic acids is 1. The van der Waals surface area contributed by atoms with Crippen LogP contribution in [0.15, 0.2) is 0 Å². The van der Waals surface area contributed by atoms with Crippen LogP contribution in [-0.2, 0) is 9.47 Å². The van der Waals surface area contributed by atoms with Gasteiger partial charge in [-0.15, -0.1) is 0 Å². The largest absolute Gasteiger partial charge is 0.450 e. The number of hydrogen-bond donors (Lipinski definition) is 1. The molecule has 0 aromatic rings. The van der Waals surface area contributed by atoms with Crippen LogP contribution < -0.4 is 5.32 Å². The molecule has 1 atom stereocenters. The zero-order valence-corrected chi connectivity index (χ0v) is 7.92. The third-order valence-corrected chi connectivity index (χ3v) is 1.32. The summed E-state index contributed by atoms with van der Waals surface area (Å²) in [5, 5.41) is 2.63. The maximum atomic E-state index is 10.8. The van der Waals surface area contributed by atoms with Gasteiger partial charge in [-0.05, 0) is 12.8 Å².